The van der Waals surface area contributed by atoms with Crippen LogP contribution in [0.2, 0.25) is 0 Å². The van der Waals surface area contributed by atoms with Gasteiger partial charge in [-0.15, -0.1) is 0 Å². The van der Waals surface area contributed by atoms with Gasteiger partial charge in [0.05, 0.1) is 12.5 Å². The largest absolute Gasteiger partial charge is 0.480 e. The molecule has 0 heterocycles. The van der Waals surface area contributed by atoms with Crippen molar-refractivity contribution >= 4 is 47.3 Å². The summed E-state index contributed by atoms with van der Waals surface area (Å²) in [6.07, 6.45) is 2.41. The molecule has 0 aliphatic rings. The van der Waals surface area contributed by atoms with Crippen LogP contribution in [0.4, 0.5) is 0 Å². The molecule has 12 N–H and O–H groups in total. The number of thioether (sulfide) groups is 1. The van der Waals surface area contributed by atoms with Gasteiger partial charge in [0.25, 0.3) is 0 Å². The topological polar surface area (TPSA) is 258 Å². The molecule has 36 heavy (non-hydrogen) atoms. The second-order valence-electron chi connectivity index (χ2n) is 8.66. The molecule has 15 heteroatoms. The van der Waals surface area contributed by atoms with Crippen molar-refractivity contribution in [3.63, 3.8) is 0 Å². The number of carboxylic acid groups (broad SMARTS) is 1. The Labute approximate surface area is 215 Å². The number of rotatable bonds is 18. The molecule has 206 valence electrons. The molecule has 0 aromatic heterocycles. The first-order valence-corrected chi connectivity index (χ1v) is 12.9. The summed E-state index contributed by atoms with van der Waals surface area (Å²) in [6, 6.07) is -4.51. The molecule has 0 aliphatic heterocycles. The lowest BCUT2D eigenvalue weighted by Crippen LogP contribution is -2.57. The summed E-state index contributed by atoms with van der Waals surface area (Å²) in [5.41, 5.74) is 21.5. The Hall–Kier alpha value is -3.07. The zero-order chi connectivity index (χ0) is 27.8. The summed E-state index contributed by atoms with van der Waals surface area (Å²) in [5.74, 6) is -3.84. The number of carbonyl (C=O) groups excluding carboxylic acids is 4. The standard InChI is InChI=1S/C21H40N8O6S/c1-11(2)9-14(28-17(31)12(22)5-4-7-26-21(24)25)19(33)27-13(6-8-36-3)18(32)29-15(20(34)35)10-16(23)30/h11-15H,4-10,22H2,1-3H3,(H2,23,30)(H,27,33)(H,28,31)(H,29,32)(H,34,35)(H4,24,25,26). The molecule has 0 rings (SSSR count). The quantitative estimate of drug-likeness (QED) is 0.0526. The van der Waals surface area contributed by atoms with E-state index in [1.165, 1.54) is 11.8 Å². The number of guanidine groups is 1. The van der Waals surface area contributed by atoms with Crippen LogP contribution in [0.15, 0.2) is 4.99 Å². The van der Waals surface area contributed by atoms with Crippen molar-refractivity contribution in [3.8, 4) is 0 Å². The average Bonchev–Trinajstić information content (AvgIpc) is 2.77. The number of carboxylic acids is 1. The van der Waals surface area contributed by atoms with Gasteiger partial charge in [0.1, 0.15) is 18.1 Å². The lowest BCUT2D eigenvalue weighted by molar-refractivity contribution is -0.143. The predicted molar refractivity (Wildman–Crippen MR) is 138 cm³/mol. The Bertz CT molecular complexity index is 790. The van der Waals surface area contributed by atoms with Gasteiger partial charge in [-0.2, -0.15) is 11.8 Å². The Balaban J connectivity index is 5.39. The Morgan fingerprint density at radius 3 is 1.94 bits per heavy atom. The van der Waals surface area contributed by atoms with E-state index in [0.717, 1.165) is 0 Å². The highest BCUT2D eigenvalue weighted by molar-refractivity contribution is 7.98. The number of amides is 4. The van der Waals surface area contributed by atoms with Crippen LogP contribution in [0, 0.1) is 5.92 Å². The number of aliphatic carboxylic acids is 1. The van der Waals surface area contributed by atoms with Gasteiger partial charge in [-0.05, 0) is 43.6 Å². The predicted octanol–water partition coefficient (Wildman–Crippen LogP) is -2.42. The van der Waals surface area contributed by atoms with Gasteiger partial charge in [0, 0.05) is 6.54 Å². The van der Waals surface area contributed by atoms with E-state index in [1.807, 2.05) is 13.8 Å². The lowest BCUT2D eigenvalue weighted by atomic mass is 10.0. The van der Waals surface area contributed by atoms with Crippen LogP contribution in [-0.4, -0.2) is 83.4 Å². The van der Waals surface area contributed by atoms with Crippen molar-refractivity contribution in [1.29, 1.82) is 0 Å². The highest BCUT2D eigenvalue weighted by Crippen LogP contribution is 2.09. The monoisotopic (exact) mass is 532 g/mol. The van der Waals surface area contributed by atoms with Crippen LogP contribution in [-0.2, 0) is 24.0 Å². The van der Waals surface area contributed by atoms with Gasteiger partial charge in [0.2, 0.25) is 23.6 Å². The molecule has 4 unspecified atom stereocenters. The molecule has 0 aliphatic carbocycles. The van der Waals surface area contributed by atoms with Crippen LogP contribution < -0.4 is 38.9 Å². The van der Waals surface area contributed by atoms with Crippen molar-refractivity contribution in [2.45, 2.75) is 70.1 Å². The number of hydrogen-bond donors (Lipinski definition) is 8. The van der Waals surface area contributed by atoms with Crippen molar-refractivity contribution < 1.29 is 29.1 Å². The van der Waals surface area contributed by atoms with Crippen molar-refractivity contribution in [3.05, 3.63) is 0 Å². The average molecular weight is 533 g/mol. The third-order valence-corrected chi connectivity index (χ3v) is 5.55. The third-order valence-electron chi connectivity index (χ3n) is 4.91. The first kappa shape index (κ1) is 32.9. The summed E-state index contributed by atoms with van der Waals surface area (Å²) in [4.78, 5) is 64.8. The number of nitrogens with zero attached hydrogens (tertiary/aromatic N) is 1. The van der Waals surface area contributed by atoms with Gasteiger partial charge < -0.3 is 44.0 Å². The molecule has 4 atom stereocenters. The van der Waals surface area contributed by atoms with Gasteiger partial charge in [-0.3, -0.25) is 24.2 Å². The minimum absolute atomic E-state index is 0.0181. The molecule has 0 saturated heterocycles. The molecular weight excluding hydrogens is 492 g/mol. The van der Waals surface area contributed by atoms with Gasteiger partial charge in [-0.1, -0.05) is 13.8 Å². The molecule has 0 saturated carbocycles. The van der Waals surface area contributed by atoms with E-state index >= 15 is 0 Å². The van der Waals surface area contributed by atoms with Crippen LogP contribution in [0.25, 0.3) is 0 Å². The summed E-state index contributed by atoms with van der Waals surface area (Å²) < 4.78 is 0. The van der Waals surface area contributed by atoms with Crippen molar-refractivity contribution in [2.75, 3.05) is 18.6 Å². The zero-order valence-electron chi connectivity index (χ0n) is 21.0. The lowest BCUT2D eigenvalue weighted by Gasteiger charge is -2.26. The molecule has 4 amide bonds. The highest BCUT2D eigenvalue weighted by Gasteiger charge is 2.31. The maximum atomic E-state index is 13.1. The molecule has 0 aromatic carbocycles. The fourth-order valence-corrected chi connectivity index (χ4v) is 3.55. The van der Waals surface area contributed by atoms with Crippen molar-refractivity contribution in [2.24, 2.45) is 33.8 Å². The first-order chi connectivity index (χ1) is 16.8. The van der Waals surface area contributed by atoms with E-state index < -0.39 is 60.2 Å². The smallest absolute Gasteiger partial charge is 0.326 e. The third kappa shape index (κ3) is 14.4. The van der Waals surface area contributed by atoms with E-state index in [2.05, 4.69) is 20.9 Å². The molecular formula is C21H40N8O6S. The van der Waals surface area contributed by atoms with Gasteiger partial charge in [-0.25, -0.2) is 4.79 Å². The minimum Gasteiger partial charge on any atom is -0.480 e. The van der Waals surface area contributed by atoms with Crippen LogP contribution in [0.5, 0.6) is 0 Å². The van der Waals surface area contributed by atoms with E-state index in [4.69, 9.17) is 22.9 Å². The maximum Gasteiger partial charge on any atom is 0.326 e. The van der Waals surface area contributed by atoms with E-state index in [0.29, 0.717) is 18.7 Å². The summed E-state index contributed by atoms with van der Waals surface area (Å²) in [5, 5.41) is 16.7. The van der Waals surface area contributed by atoms with Crippen LogP contribution >= 0.6 is 11.8 Å². The summed E-state index contributed by atoms with van der Waals surface area (Å²) in [7, 11) is 0. The number of hydrogen-bond acceptors (Lipinski definition) is 8. The number of nitrogens with one attached hydrogen (secondary N) is 3. The summed E-state index contributed by atoms with van der Waals surface area (Å²) in [6.45, 7) is 4.03. The highest BCUT2D eigenvalue weighted by atomic mass is 32.2. The molecule has 0 radical (unpaired) electrons. The van der Waals surface area contributed by atoms with E-state index in [9.17, 15) is 29.1 Å². The van der Waals surface area contributed by atoms with Crippen molar-refractivity contribution in [1.82, 2.24) is 16.0 Å². The molecule has 0 fully saturated rings. The summed E-state index contributed by atoms with van der Waals surface area (Å²) >= 11 is 1.42. The second-order valence-corrected chi connectivity index (χ2v) is 9.64. The molecule has 0 aromatic rings. The van der Waals surface area contributed by atoms with Crippen LogP contribution in [0.3, 0.4) is 0 Å². The Kier molecular flexibility index (Phi) is 15.9. The Morgan fingerprint density at radius 1 is 0.889 bits per heavy atom. The number of carbonyl (C=O) groups is 5. The van der Waals surface area contributed by atoms with Gasteiger partial charge >= 0.3 is 5.97 Å². The normalized spacial score (nSPS) is 14.1. The number of nitrogens with two attached hydrogens (primary N) is 4. The molecule has 14 nitrogen and oxygen atoms in total. The van der Waals surface area contributed by atoms with E-state index in [1.54, 1.807) is 6.26 Å². The fraction of sp³-hybridized carbons (Fsp3) is 0.714. The SMILES string of the molecule is CSCCC(NC(=O)C(CC(C)C)NC(=O)C(N)CCCN=C(N)N)C(=O)NC(CC(N)=O)C(=O)O. The van der Waals surface area contributed by atoms with E-state index in [-0.39, 0.29) is 31.1 Å². The maximum absolute atomic E-state index is 13.1. The van der Waals surface area contributed by atoms with Crippen LogP contribution in [0.1, 0.15) is 46.0 Å². The molecule has 0 bridgehead atoms. The zero-order valence-corrected chi connectivity index (χ0v) is 21.8. The van der Waals surface area contributed by atoms with Gasteiger partial charge in [0.15, 0.2) is 5.96 Å². The number of aliphatic imine (C=N–C) groups is 1. The first-order valence-electron chi connectivity index (χ1n) is 11.5. The second kappa shape index (κ2) is 17.4. The fourth-order valence-electron chi connectivity index (χ4n) is 3.08. The minimum atomic E-state index is -1.54. The molecule has 0 spiro atoms. The Morgan fingerprint density at radius 2 is 1.44 bits per heavy atom. The number of primary amides is 1.